The van der Waals surface area contributed by atoms with Gasteiger partial charge in [0, 0.05) is 6.42 Å². The summed E-state index contributed by atoms with van der Waals surface area (Å²) in [6.45, 7) is 0. The van der Waals surface area contributed by atoms with Crippen LogP contribution < -0.4 is 0 Å². The van der Waals surface area contributed by atoms with E-state index in [2.05, 4.69) is 18.2 Å². The van der Waals surface area contributed by atoms with Crippen LogP contribution in [0.1, 0.15) is 87.3 Å². The van der Waals surface area contributed by atoms with E-state index in [4.69, 9.17) is 5.11 Å². The highest BCUT2D eigenvalue weighted by Crippen LogP contribution is 2.26. The Morgan fingerprint density at radius 1 is 0.923 bits per heavy atom. The van der Waals surface area contributed by atoms with Crippen LogP contribution in [0, 0.1) is 0 Å². The summed E-state index contributed by atoms with van der Waals surface area (Å²) < 4.78 is 25.8. The fourth-order valence-corrected chi connectivity index (χ4v) is 3.92. The Hall–Kier alpha value is -1.45. The van der Waals surface area contributed by atoms with Crippen LogP contribution in [0.25, 0.3) is 0 Å². The molecule has 0 radical (unpaired) electrons. The zero-order chi connectivity index (χ0) is 18.8. The lowest BCUT2D eigenvalue weighted by Crippen LogP contribution is -2.27. The first kappa shape index (κ1) is 20.9. The van der Waals surface area contributed by atoms with Gasteiger partial charge in [-0.3, -0.25) is 0 Å². The Bertz CT molecular complexity index is 569. The van der Waals surface area contributed by atoms with E-state index in [9.17, 15) is 13.6 Å². The standard InChI is InChI=1S/C22H32F2O2/c23-22(24,21(25)26)17-10-6-4-2-1-3-5-7-12-18-14-11-15-19-13-8-9-16-20(18)19/h11,14-15H,1-10,12-13,16-17H2,(H,25,26). The van der Waals surface area contributed by atoms with Crippen molar-refractivity contribution >= 4 is 5.97 Å². The summed E-state index contributed by atoms with van der Waals surface area (Å²) in [6.07, 6.45) is 13.5. The average Bonchev–Trinajstić information content (AvgIpc) is 2.63. The molecule has 0 heterocycles. The van der Waals surface area contributed by atoms with Gasteiger partial charge in [0.2, 0.25) is 0 Å². The Morgan fingerprint density at radius 2 is 1.54 bits per heavy atom. The van der Waals surface area contributed by atoms with Crippen molar-refractivity contribution in [1.29, 1.82) is 0 Å². The number of fused-ring (bicyclic) bond motifs is 1. The lowest BCUT2D eigenvalue weighted by atomic mass is 9.86. The highest BCUT2D eigenvalue weighted by molar-refractivity contribution is 5.75. The number of hydrogen-bond acceptors (Lipinski definition) is 1. The van der Waals surface area contributed by atoms with Crippen molar-refractivity contribution in [3.05, 3.63) is 34.9 Å². The molecule has 0 aromatic heterocycles. The zero-order valence-corrected chi connectivity index (χ0v) is 15.7. The topological polar surface area (TPSA) is 37.3 Å². The Morgan fingerprint density at radius 3 is 2.23 bits per heavy atom. The summed E-state index contributed by atoms with van der Waals surface area (Å²) in [5.74, 6) is -5.56. The minimum atomic E-state index is -3.56. The van der Waals surface area contributed by atoms with Crippen molar-refractivity contribution in [3.8, 4) is 0 Å². The minimum absolute atomic E-state index is 0.290. The smallest absolute Gasteiger partial charge is 0.374 e. The van der Waals surface area contributed by atoms with Gasteiger partial charge in [-0.2, -0.15) is 8.78 Å². The van der Waals surface area contributed by atoms with E-state index in [1.165, 1.54) is 51.4 Å². The van der Waals surface area contributed by atoms with E-state index >= 15 is 0 Å². The van der Waals surface area contributed by atoms with Crippen molar-refractivity contribution in [2.75, 3.05) is 0 Å². The van der Waals surface area contributed by atoms with E-state index in [0.29, 0.717) is 12.8 Å². The van der Waals surface area contributed by atoms with Gasteiger partial charge in [-0.25, -0.2) is 4.79 Å². The maximum atomic E-state index is 12.9. The van der Waals surface area contributed by atoms with Crippen molar-refractivity contribution in [2.24, 2.45) is 0 Å². The largest absolute Gasteiger partial charge is 0.477 e. The maximum Gasteiger partial charge on any atom is 0.374 e. The number of carbonyl (C=O) groups is 1. The molecule has 2 nitrogen and oxygen atoms in total. The molecule has 0 bridgehead atoms. The number of unbranched alkanes of at least 4 members (excludes halogenated alkanes) is 7. The summed E-state index contributed by atoms with van der Waals surface area (Å²) in [6, 6.07) is 6.77. The highest BCUT2D eigenvalue weighted by atomic mass is 19.3. The molecule has 0 fully saturated rings. The van der Waals surface area contributed by atoms with E-state index in [1.807, 2.05) is 0 Å². The molecule has 0 amide bonds. The van der Waals surface area contributed by atoms with Crippen LogP contribution in [0.4, 0.5) is 8.78 Å². The predicted molar refractivity (Wildman–Crippen MR) is 101 cm³/mol. The monoisotopic (exact) mass is 366 g/mol. The van der Waals surface area contributed by atoms with Gasteiger partial charge in [-0.05, 0) is 61.6 Å². The van der Waals surface area contributed by atoms with Crippen molar-refractivity contribution in [1.82, 2.24) is 0 Å². The number of rotatable bonds is 12. The third kappa shape index (κ3) is 6.69. The van der Waals surface area contributed by atoms with E-state index in [0.717, 1.165) is 19.3 Å². The number of benzene rings is 1. The first-order chi connectivity index (χ1) is 12.5. The molecular formula is C22H32F2O2. The van der Waals surface area contributed by atoms with Crippen molar-refractivity contribution in [2.45, 2.75) is 95.8 Å². The van der Waals surface area contributed by atoms with E-state index < -0.39 is 18.3 Å². The van der Waals surface area contributed by atoms with Gasteiger partial charge in [0.25, 0.3) is 0 Å². The Labute approximate surface area is 156 Å². The second-order valence-corrected chi connectivity index (χ2v) is 7.60. The minimum Gasteiger partial charge on any atom is -0.477 e. The van der Waals surface area contributed by atoms with E-state index in [1.54, 1.807) is 16.7 Å². The molecule has 1 N–H and O–H groups in total. The first-order valence-corrected chi connectivity index (χ1v) is 10.2. The molecule has 1 aromatic carbocycles. The molecular weight excluding hydrogens is 334 g/mol. The molecule has 0 atom stereocenters. The highest BCUT2D eigenvalue weighted by Gasteiger charge is 2.37. The first-order valence-electron chi connectivity index (χ1n) is 10.2. The molecule has 146 valence electrons. The van der Waals surface area contributed by atoms with Gasteiger partial charge >= 0.3 is 11.9 Å². The molecule has 0 spiro atoms. The molecule has 1 aromatic rings. The maximum absolute atomic E-state index is 12.9. The number of aliphatic carboxylic acids is 1. The summed E-state index contributed by atoms with van der Waals surface area (Å²) >= 11 is 0. The Kier molecular flexibility index (Phi) is 8.53. The summed E-state index contributed by atoms with van der Waals surface area (Å²) in [7, 11) is 0. The SMILES string of the molecule is O=C(O)C(F)(F)CCCCCCCCCCc1cccc2c1CCCC2. The summed E-state index contributed by atoms with van der Waals surface area (Å²) in [5.41, 5.74) is 4.71. The van der Waals surface area contributed by atoms with E-state index in [-0.39, 0.29) is 0 Å². The van der Waals surface area contributed by atoms with Crippen molar-refractivity contribution in [3.63, 3.8) is 0 Å². The van der Waals surface area contributed by atoms with Gasteiger partial charge in [-0.15, -0.1) is 0 Å². The number of hydrogen-bond donors (Lipinski definition) is 1. The van der Waals surface area contributed by atoms with Gasteiger partial charge < -0.3 is 5.11 Å². The number of carboxylic acids is 1. The molecule has 2 rings (SSSR count). The van der Waals surface area contributed by atoms with Gasteiger partial charge in [0.15, 0.2) is 0 Å². The van der Waals surface area contributed by atoms with Crippen LogP contribution in [0.2, 0.25) is 0 Å². The van der Waals surface area contributed by atoms with Crippen molar-refractivity contribution < 1.29 is 18.7 Å². The molecule has 1 aliphatic carbocycles. The van der Waals surface area contributed by atoms with Crippen LogP contribution in [0.5, 0.6) is 0 Å². The summed E-state index contributed by atoms with van der Waals surface area (Å²) in [5, 5.41) is 8.36. The third-order valence-corrected chi connectivity index (χ3v) is 5.49. The fraction of sp³-hybridized carbons (Fsp3) is 0.682. The Balaban J connectivity index is 1.50. The molecule has 1 aliphatic rings. The number of carboxylic acid groups (broad SMARTS) is 1. The van der Waals surface area contributed by atoms with Crippen LogP contribution in [-0.2, 0) is 24.1 Å². The molecule has 0 saturated carbocycles. The second kappa shape index (κ2) is 10.6. The quantitative estimate of drug-likeness (QED) is 0.438. The normalized spacial score (nSPS) is 14.2. The number of halogens is 2. The second-order valence-electron chi connectivity index (χ2n) is 7.60. The molecule has 4 heteroatoms. The molecule has 0 unspecified atom stereocenters. The molecule has 26 heavy (non-hydrogen) atoms. The lowest BCUT2D eigenvalue weighted by Gasteiger charge is -2.19. The molecule has 0 aliphatic heterocycles. The van der Waals surface area contributed by atoms with Crippen LogP contribution in [0.15, 0.2) is 18.2 Å². The van der Waals surface area contributed by atoms with Crippen LogP contribution in [-0.4, -0.2) is 17.0 Å². The lowest BCUT2D eigenvalue weighted by molar-refractivity contribution is -0.165. The number of alkyl halides is 2. The van der Waals surface area contributed by atoms with Gasteiger partial charge in [0.05, 0.1) is 0 Å². The zero-order valence-electron chi connectivity index (χ0n) is 15.7. The van der Waals surface area contributed by atoms with Gasteiger partial charge in [0.1, 0.15) is 0 Å². The third-order valence-electron chi connectivity index (χ3n) is 5.49. The van der Waals surface area contributed by atoms with Crippen LogP contribution in [0.3, 0.4) is 0 Å². The summed E-state index contributed by atoms with van der Waals surface area (Å²) in [4.78, 5) is 10.3. The van der Waals surface area contributed by atoms with Gasteiger partial charge in [-0.1, -0.05) is 56.7 Å². The molecule has 0 saturated heterocycles. The average molecular weight is 366 g/mol. The fourth-order valence-electron chi connectivity index (χ4n) is 3.92. The predicted octanol–water partition coefficient (Wildman–Crippen LogP) is 6.34. The number of aryl methyl sites for hydroxylation is 2. The van der Waals surface area contributed by atoms with Crippen LogP contribution >= 0.6 is 0 Å².